The number of aliphatic hydroxyl groups excluding tert-OH is 1. The molecule has 9 atom stereocenters. The molecular formula is C75H103N15O15S2. The summed E-state index contributed by atoms with van der Waals surface area (Å²) < 4.78 is 0. The number of aromatic hydroxyl groups is 2. The minimum atomic E-state index is -1.74. The molecule has 0 radical (unpaired) electrons. The van der Waals surface area contributed by atoms with E-state index in [1.165, 1.54) is 78.7 Å². The van der Waals surface area contributed by atoms with Gasteiger partial charge in [-0.25, -0.2) is 4.98 Å². The zero-order valence-corrected chi connectivity index (χ0v) is 63.4. The molecule has 0 bridgehead atoms. The smallest absolute Gasteiger partial charge is 0.246 e. The number of nitrogens with one attached hydrogen (secondary N) is 11. The number of hydrogen-bond donors (Lipinski definition) is 16. The van der Waals surface area contributed by atoms with Gasteiger partial charge in [0.05, 0.1) is 19.1 Å². The van der Waals surface area contributed by atoms with Gasteiger partial charge >= 0.3 is 0 Å². The number of aromatic nitrogens is 2. The van der Waals surface area contributed by atoms with Gasteiger partial charge in [0.15, 0.2) is 0 Å². The topological polar surface area (TPSA) is 470 Å². The summed E-state index contributed by atoms with van der Waals surface area (Å²) in [6.07, 6.45) is 3.12. The maximum Gasteiger partial charge on any atom is 0.246 e. The molecule has 580 valence electrons. The average Bonchev–Trinajstić information content (AvgIpc) is 1.70. The van der Waals surface area contributed by atoms with Crippen molar-refractivity contribution in [2.24, 2.45) is 22.8 Å². The highest BCUT2D eigenvalue weighted by molar-refractivity contribution is 7.98. The van der Waals surface area contributed by atoms with Crippen LogP contribution in [-0.4, -0.2) is 198 Å². The number of amides is 12. The summed E-state index contributed by atoms with van der Waals surface area (Å²) in [5.74, 6) is -7.36. The molecule has 2 fully saturated rings. The first-order valence-electron chi connectivity index (χ1n) is 35.9. The van der Waals surface area contributed by atoms with Gasteiger partial charge in [-0.05, 0) is 135 Å². The number of rotatable bonds is 38. The molecule has 3 aromatic carbocycles. The third-order valence-corrected chi connectivity index (χ3v) is 21.2. The zero-order chi connectivity index (χ0) is 78.3. The molecule has 18 N–H and O–H groups in total. The van der Waals surface area contributed by atoms with Crippen LogP contribution in [0.15, 0.2) is 97.3 Å². The summed E-state index contributed by atoms with van der Waals surface area (Å²) in [6.45, 7) is 13.5. The first kappa shape index (κ1) is 84.5. The molecule has 0 spiro atoms. The van der Waals surface area contributed by atoms with Gasteiger partial charge in [-0.1, -0.05) is 90.1 Å². The van der Waals surface area contributed by atoms with Gasteiger partial charge in [-0.15, -0.1) is 0 Å². The van der Waals surface area contributed by atoms with Gasteiger partial charge < -0.3 is 89.8 Å². The second kappa shape index (κ2) is 39.2. The molecule has 2 aliphatic rings. The molecule has 12 amide bonds. The van der Waals surface area contributed by atoms with Crippen LogP contribution in [0.4, 0.5) is 0 Å². The van der Waals surface area contributed by atoms with Crippen molar-refractivity contribution in [3.63, 3.8) is 0 Å². The van der Waals surface area contributed by atoms with Crippen molar-refractivity contribution in [3.05, 3.63) is 125 Å². The second-order valence-corrected chi connectivity index (χ2v) is 31.0. The van der Waals surface area contributed by atoms with E-state index in [2.05, 4.69) is 63.1 Å². The highest BCUT2D eigenvalue weighted by atomic mass is 32.2. The van der Waals surface area contributed by atoms with Gasteiger partial charge in [-0.3, -0.25) is 57.5 Å². The fraction of sp³-hybridized carbons (Fsp3) is 0.507. The van der Waals surface area contributed by atoms with Crippen LogP contribution in [0.5, 0.6) is 11.5 Å². The Morgan fingerprint density at radius 3 is 1.88 bits per heavy atom. The van der Waals surface area contributed by atoms with E-state index in [0.717, 1.165) is 11.1 Å². The van der Waals surface area contributed by atoms with E-state index in [-0.39, 0.29) is 81.1 Å². The van der Waals surface area contributed by atoms with E-state index >= 15 is 0 Å². The van der Waals surface area contributed by atoms with Gasteiger partial charge in [0.25, 0.3) is 0 Å². The number of hydrogen-bond acceptors (Lipinski definition) is 19. The van der Waals surface area contributed by atoms with Crippen molar-refractivity contribution in [2.45, 2.75) is 191 Å². The van der Waals surface area contributed by atoms with E-state index in [1.54, 1.807) is 78.2 Å². The van der Waals surface area contributed by atoms with Gasteiger partial charge in [-0.2, -0.15) is 23.5 Å². The highest BCUT2D eigenvalue weighted by Gasteiger charge is 2.45. The number of pyridine rings is 1. The van der Waals surface area contributed by atoms with Crippen LogP contribution >= 0.6 is 23.5 Å². The highest BCUT2D eigenvalue weighted by Crippen LogP contribution is 2.27. The Kier molecular flexibility index (Phi) is 30.9. The molecule has 107 heavy (non-hydrogen) atoms. The maximum atomic E-state index is 14.6. The number of thioether (sulfide) groups is 2. The number of phenols is 2. The Labute approximate surface area is 630 Å². The SMILES string of the molecule is CC[C@H](NC(=O)[C@@](C)(NC(=O)[C@H](Cc1ccc(O)cc1)NC(=O)CNC(=O)C1(NC(=O)[C@H](Cc2c[nH]c3ncccc23)NC(=O)C[C@@H](C)O)CCNCC1)C(C)C)C(=O)N[C@H](CSCc1cccc(CSCCC(=O)N[C@H](C(=O)N[C@@H](Cc2ccc(O)cc2)C(=O)N2CCC[C@H]2C(N)=O)C(C)(C)C)c1)C(N)=O. The summed E-state index contributed by atoms with van der Waals surface area (Å²) in [6, 6.07) is 15.3. The van der Waals surface area contributed by atoms with Crippen LogP contribution < -0.4 is 64.6 Å². The number of fused-ring (bicyclic) bond motifs is 1. The predicted molar refractivity (Wildman–Crippen MR) is 405 cm³/mol. The predicted octanol–water partition coefficient (Wildman–Crippen LogP) is 1.54. The average molecular weight is 1520 g/mol. The lowest BCUT2D eigenvalue weighted by Gasteiger charge is -2.38. The normalized spacial score (nSPS) is 16.7. The van der Waals surface area contributed by atoms with E-state index in [9.17, 15) is 72.9 Å². The zero-order valence-electron chi connectivity index (χ0n) is 61.8. The summed E-state index contributed by atoms with van der Waals surface area (Å²) in [4.78, 5) is 174. The number of aliphatic hydroxyl groups is 1. The molecule has 0 unspecified atom stereocenters. The van der Waals surface area contributed by atoms with Gasteiger partial charge in [0.1, 0.15) is 70.5 Å². The van der Waals surface area contributed by atoms with Crippen molar-refractivity contribution in [3.8, 4) is 11.5 Å². The molecule has 4 heterocycles. The Morgan fingerprint density at radius 1 is 0.673 bits per heavy atom. The van der Waals surface area contributed by atoms with Crippen LogP contribution in [0.25, 0.3) is 11.0 Å². The van der Waals surface area contributed by atoms with Gasteiger partial charge in [0.2, 0.25) is 70.9 Å². The standard InChI is InChI=1S/C75H103N15O15S2/c1-9-53(66(99)85-57(63(76)97)42-107-41-48-14-10-13-47(34-48)40-106-32-25-59(94)87-62(73(5,6)7)69(102)84-56(36-46-19-23-51(93)24-20-46)70(103)90-31-12-16-58(90)64(77)98)86-71(104)74(8,43(2)3)88-67(100)54(35-45-17-21-50(92)22-18-45)83-61(96)39-81-72(105)75(26-29-78-30-27-75)89-68(101)55(82-60(95)33-44(4)91)37-49-38-80-65-52(49)15-11-28-79-65/h10-11,13-15,17-24,28,34,38,43-44,53-58,62,78,91-93H,9,12,16,25-27,29-33,35-37,39-42H2,1-8H3,(H2,76,97)(H2,77,98)(H,79,80)(H,81,105)(H,82,95)(H,83,96)(H,84,102)(H,85,99)(H,86,104)(H,87,94)(H,88,100)(H,89,101)/t44-,53+,54+,55+,56+,57-,58+,62-,74+/m1/s1. The Hall–Kier alpha value is -9.79. The molecule has 2 aromatic heterocycles. The summed E-state index contributed by atoms with van der Waals surface area (Å²) in [5, 5.41) is 58.6. The monoisotopic (exact) mass is 1520 g/mol. The molecule has 32 heteroatoms. The van der Waals surface area contributed by atoms with Gasteiger partial charge in [0, 0.05) is 73.0 Å². The molecule has 2 aliphatic heterocycles. The first-order chi connectivity index (χ1) is 50.7. The lowest BCUT2D eigenvalue weighted by Crippen LogP contribution is -2.66. The fourth-order valence-electron chi connectivity index (χ4n) is 12.5. The number of carbonyl (C=O) groups excluding carboxylic acids is 12. The van der Waals surface area contributed by atoms with Crippen LogP contribution in [0, 0.1) is 11.3 Å². The molecule has 5 aromatic rings. The third-order valence-electron chi connectivity index (χ3n) is 19.1. The van der Waals surface area contributed by atoms with Crippen LogP contribution in [-0.2, 0) is 88.3 Å². The van der Waals surface area contributed by atoms with Crippen molar-refractivity contribution in [1.29, 1.82) is 0 Å². The summed E-state index contributed by atoms with van der Waals surface area (Å²) >= 11 is 2.83. The van der Waals surface area contributed by atoms with Crippen molar-refractivity contribution >= 4 is 105 Å². The van der Waals surface area contributed by atoms with Crippen molar-refractivity contribution < 1.29 is 72.9 Å². The number of benzene rings is 3. The first-order valence-corrected chi connectivity index (χ1v) is 38.2. The molecule has 0 saturated carbocycles. The van der Waals surface area contributed by atoms with Crippen LogP contribution in [0.2, 0.25) is 0 Å². The minimum Gasteiger partial charge on any atom is -0.508 e. The number of H-pyrrole nitrogens is 1. The largest absolute Gasteiger partial charge is 0.508 e. The quantitative estimate of drug-likeness (QED) is 0.0249. The number of phenolic OH excluding ortho intramolecular Hbond substituents is 2. The summed E-state index contributed by atoms with van der Waals surface area (Å²) in [7, 11) is 0. The molecule has 30 nitrogen and oxygen atoms in total. The Morgan fingerprint density at radius 2 is 1.28 bits per heavy atom. The third kappa shape index (κ3) is 24.6. The number of piperidine rings is 1. The fourth-order valence-corrected chi connectivity index (χ4v) is 14.4. The van der Waals surface area contributed by atoms with Crippen LogP contribution in [0.1, 0.15) is 128 Å². The Balaban J connectivity index is 0.912. The molecule has 7 rings (SSSR count). The van der Waals surface area contributed by atoms with E-state index in [4.69, 9.17) is 11.5 Å². The lowest BCUT2D eigenvalue weighted by molar-refractivity contribution is -0.141. The number of likely N-dealkylation sites (tertiary alicyclic amines) is 1. The maximum absolute atomic E-state index is 14.6. The molecule has 2 saturated heterocycles. The molecule has 0 aliphatic carbocycles. The number of aromatic amines is 1. The Bertz CT molecular complexity index is 3960. The number of nitrogens with two attached hydrogens (primary N) is 2. The number of primary amides is 2. The minimum absolute atomic E-state index is 0.00731. The van der Waals surface area contributed by atoms with Crippen molar-refractivity contribution in [1.82, 2.24) is 68.0 Å². The summed E-state index contributed by atoms with van der Waals surface area (Å²) in [5.41, 5.74) is 11.6. The van der Waals surface area contributed by atoms with E-state index in [0.29, 0.717) is 70.9 Å². The van der Waals surface area contributed by atoms with Crippen LogP contribution in [0.3, 0.4) is 0 Å². The van der Waals surface area contributed by atoms with Crippen molar-refractivity contribution in [2.75, 3.05) is 37.7 Å². The second-order valence-electron chi connectivity index (χ2n) is 28.9. The van der Waals surface area contributed by atoms with E-state index in [1.807, 2.05) is 24.3 Å². The molecular weight excluding hydrogens is 1420 g/mol. The lowest BCUT2D eigenvalue weighted by atomic mass is 9.85. The number of carbonyl (C=O) groups is 12. The number of nitrogens with zero attached hydrogens (tertiary/aromatic N) is 2. The van der Waals surface area contributed by atoms with E-state index < -0.39 is 142 Å².